The summed E-state index contributed by atoms with van der Waals surface area (Å²) < 4.78 is 41.9. The smallest absolute Gasteiger partial charge is 0.215 e. The number of sulfonamides is 1. The Morgan fingerprint density at radius 2 is 1.88 bits per heavy atom. The molecule has 0 bridgehead atoms. The van der Waals surface area contributed by atoms with Gasteiger partial charge in [-0.25, -0.2) is 22.5 Å². The van der Waals surface area contributed by atoms with Crippen molar-refractivity contribution < 1.29 is 12.8 Å². The molecule has 0 radical (unpaired) electrons. The van der Waals surface area contributed by atoms with Crippen LogP contribution in [0.5, 0.6) is 0 Å². The van der Waals surface area contributed by atoms with Gasteiger partial charge in [0.2, 0.25) is 10.0 Å². The number of benzene rings is 2. The van der Waals surface area contributed by atoms with Crippen molar-refractivity contribution in [3.05, 3.63) is 78.4 Å². The largest absolute Gasteiger partial charge is 0.331 e. The van der Waals surface area contributed by atoms with Crippen LogP contribution in [0.25, 0.3) is 11.4 Å². The van der Waals surface area contributed by atoms with Crippen LogP contribution in [0.1, 0.15) is 12.0 Å². The Morgan fingerprint density at radius 3 is 2.65 bits per heavy atom. The van der Waals surface area contributed by atoms with Crippen molar-refractivity contribution in [3.8, 4) is 11.4 Å². The minimum atomic E-state index is -3.50. The van der Waals surface area contributed by atoms with Crippen LogP contribution in [0.3, 0.4) is 0 Å². The predicted molar refractivity (Wildman–Crippen MR) is 99.3 cm³/mol. The number of hydrogen-bond donors (Lipinski definition) is 1. The Morgan fingerprint density at radius 1 is 1.08 bits per heavy atom. The maximum absolute atomic E-state index is 13.2. The molecule has 7 heteroatoms. The maximum Gasteiger partial charge on any atom is 0.215 e. The highest BCUT2D eigenvalue weighted by atomic mass is 32.2. The van der Waals surface area contributed by atoms with Crippen LogP contribution < -0.4 is 4.72 Å². The summed E-state index contributed by atoms with van der Waals surface area (Å²) in [5, 5.41) is 0. The zero-order chi connectivity index (χ0) is 18.4. The summed E-state index contributed by atoms with van der Waals surface area (Å²) in [6, 6.07) is 15.5. The zero-order valence-corrected chi connectivity index (χ0v) is 15.0. The van der Waals surface area contributed by atoms with Gasteiger partial charge in [-0.3, -0.25) is 0 Å². The van der Waals surface area contributed by atoms with E-state index in [0.29, 0.717) is 25.1 Å². The molecule has 3 aromatic rings. The van der Waals surface area contributed by atoms with Gasteiger partial charge in [0.05, 0.1) is 5.75 Å². The molecule has 26 heavy (non-hydrogen) atoms. The van der Waals surface area contributed by atoms with Crippen molar-refractivity contribution in [1.29, 1.82) is 0 Å². The van der Waals surface area contributed by atoms with E-state index in [1.165, 1.54) is 18.2 Å². The van der Waals surface area contributed by atoms with Gasteiger partial charge in [-0.2, -0.15) is 0 Å². The van der Waals surface area contributed by atoms with E-state index < -0.39 is 15.8 Å². The first-order chi connectivity index (χ1) is 12.5. The van der Waals surface area contributed by atoms with Crippen LogP contribution in [0.4, 0.5) is 4.39 Å². The summed E-state index contributed by atoms with van der Waals surface area (Å²) in [5.41, 5.74) is 1.45. The lowest BCUT2D eigenvalue weighted by molar-refractivity contribution is 0.569. The highest BCUT2D eigenvalue weighted by Crippen LogP contribution is 2.16. The molecule has 0 aliphatic heterocycles. The molecule has 0 saturated carbocycles. The van der Waals surface area contributed by atoms with Crippen molar-refractivity contribution in [3.63, 3.8) is 0 Å². The summed E-state index contributed by atoms with van der Waals surface area (Å²) in [5.74, 6) is 0.185. The van der Waals surface area contributed by atoms with Crippen LogP contribution in [-0.2, 0) is 22.3 Å². The van der Waals surface area contributed by atoms with Gasteiger partial charge < -0.3 is 4.57 Å². The van der Waals surface area contributed by atoms with Crippen molar-refractivity contribution in [2.75, 3.05) is 6.54 Å². The Hall–Kier alpha value is -2.51. The molecule has 1 N–H and O–H groups in total. The molecular weight excluding hydrogens is 353 g/mol. The van der Waals surface area contributed by atoms with Gasteiger partial charge in [0.15, 0.2) is 0 Å². The number of aryl methyl sites for hydroxylation is 1. The number of hydrogen-bond acceptors (Lipinski definition) is 3. The van der Waals surface area contributed by atoms with Gasteiger partial charge in [0.1, 0.15) is 11.6 Å². The fourth-order valence-corrected chi connectivity index (χ4v) is 3.89. The Balaban J connectivity index is 1.52. The van der Waals surface area contributed by atoms with Crippen LogP contribution in [0.15, 0.2) is 67.0 Å². The van der Waals surface area contributed by atoms with Crippen molar-refractivity contribution in [2.45, 2.75) is 18.7 Å². The number of rotatable bonds is 8. The van der Waals surface area contributed by atoms with Crippen LogP contribution in [0.2, 0.25) is 0 Å². The number of imidazole rings is 1. The number of nitrogens with zero attached hydrogens (tertiary/aromatic N) is 2. The van der Waals surface area contributed by atoms with Gasteiger partial charge in [-0.05, 0) is 24.1 Å². The van der Waals surface area contributed by atoms with E-state index in [1.807, 2.05) is 41.1 Å². The standard InChI is InChI=1S/C19H20FN3O2S/c20-18-9-4-6-16(14-18)15-26(24,25)22-10-5-12-23-13-11-21-19(23)17-7-2-1-3-8-17/h1-4,6-9,11,13-14,22H,5,10,12,15H2. The van der Waals surface area contributed by atoms with E-state index in [4.69, 9.17) is 0 Å². The van der Waals surface area contributed by atoms with E-state index in [9.17, 15) is 12.8 Å². The number of nitrogens with one attached hydrogen (secondary N) is 1. The fraction of sp³-hybridized carbons (Fsp3) is 0.211. The van der Waals surface area contributed by atoms with Gasteiger partial charge in [-0.15, -0.1) is 0 Å². The van der Waals surface area contributed by atoms with Crippen molar-refractivity contribution in [1.82, 2.24) is 14.3 Å². The SMILES string of the molecule is O=S(=O)(Cc1cccc(F)c1)NCCCn1ccnc1-c1ccccc1. The van der Waals surface area contributed by atoms with Crippen molar-refractivity contribution >= 4 is 10.0 Å². The monoisotopic (exact) mass is 373 g/mol. The van der Waals surface area contributed by atoms with Crippen molar-refractivity contribution in [2.24, 2.45) is 0 Å². The predicted octanol–water partition coefficient (Wildman–Crippen LogP) is 3.20. The summed E-state index contributed by atoms with van der Waals surface area (Å²) in [4.78, 5) is 4.37. The molecule has 3 rings (SSSR count). The lowest BCUT2D eigenvalue weighted by Crippen LogP contribution is -2.27. The number of halogens is 1. The third-order valence-corrected chi connectivity index (χ3v) is 5.25. The van der Waals surface area contributed by atoms with Gasteiger partial charge in [0, 0.05) is 31.0 Å². The molecule has 0 saturated heterocycles. The molecule has 0 spiro atoms. The third-order valence-electron chi connectivity index (χ3n) is 3.89. The topological polar surface area (TPSA) is 64.0 Å². The lowest BCUT2D eigenvalue weighted by Gasteiger charge is -2.09. The van der Waals surface area contributed by atoms with Crippen LogP contribution in [-0.4, -0.2) is 24.5 Å². The molecule has 0 fully saturated rings. The van der Waals surface area contributed by atoms with E-state index in [2.05, 4.69) is 9.71 Å². The van der Waals surface area contributed by atoms with E-state index in [1.54, 1.807) is 12.3 Å². The van der Waals surface area contributed by atoms with Gasteiger partial charge >= 0.3 is 0 Å². The normalized spacial score (nSPS) is 11.6. The Kier molecular flexibility index (Phi) is 5.80. The van der Waals surface area contributed by atoms with E-state index in [-0.39, 0.29) is 5.75 Å². The average molecular weight is 373 g/mol. The first-order valence-corrected chi connectivity index (χ1v) is 9.97. The minimum absolute atomic E-state index is 0.231. The molecule has 0 amide bonds. The quantitative estimate of drug-likeness (QED) is 0.617. The second-order valence-corrected chi connectivity index (χ2v) is 7.75. The first kappa shape index (κ1) is 18.3. The van der Waals surface area contributed by atoms with Crippen LogP contribution in [0, 0.1) is 5.82 Å². The lowest BCUT2D eigenvalue weighted by atomic mass is 10.2. The maximum atomic E-state index is 13.2. The highest BCUT2D eigenvalue weighted by molar-refractivity contribution is 7.88. The summed E-state index contributed by atoms with van der Waals surface area (Å²) in [7, 11) is -3.50. The summed E-state index contributed by atoms with van der Waals surface area (Å²) in [6.45, 7) is 0.955. The molecule has 5 nitrogen and oxygen atoms in total. The third kappa shape index (κ3) is 5.00. The molecule has 136 valence electrons. The first-order valence-electron chi connectivity index (χ1n) is 8.32. The second kappa shape index (κ2) is 8.25. The molecule has 0 aliphatic carbocycles. The minimum Gasteiger partial charge on any atom is -0.331 e. The van der Waals surface area contributed by atoms with E-state index in [0.717, 1.165) is 11.4 Å². The summed E-state index contributed by atoms with van der Waals surface area (Å²) in [6.07, 6.45) is 4.23. The molecule has 1 heterocycles. The van der Waals surface area contributed by atoms with Gasteiger partial charge in [-0.1, -0.05) is 42.5 Å². The second-order valence-electron chi connectivity index (χ2n) is 5.95. The highest BCUT2D eigenvalue weighted by Gasteiger charge is 2.12. The molecule has 0 unspecified atom stereocenters. The molecule has 0 aliphatic rings. The van der Waals surface area contributed by atoms with E-state index >= 15 is 0 Å². The fourth-order valence-electron chi connectivity index (χ4n) is 2.71. The summed E-state index contributed by atoms with van der Waals surface area (Å²) >= 11 is 0. The molecule has 2 aromatic carbocycles. The van der Waals surface area contributed by atoms with Gasteiger partial charge in [0.25, 0.3) is 0 Å². The Labute approximate surface area is 152 Å². The Bertz CT molecular complexity index is 956. The molecule has 1 aromatic heterocycles. The zero-order valence-electron chi connectivity index (χ0n) is 14.2. The molecular formula is C19H20FN3O2S. The average Bonchev–Trinajstić information content (AvgIpc) is 3.08. The number of aromatic nitrogens is 2. The molecule has 0 atom stereocenters. The van der Waals surface area contributed by atoms with Crippen LogP contribution >= 0.6 is 0 Å².